The molecule has 1 N–H and O–H groups in total. The molecule has 2 aromatic heterocycles. The van der Waals surface area contributed by atoms with E-state index in [1.165, 1.54) is 11.8 Å². The van der Waals surface area contributed by atoms with Crippen molar-refractivity contribution in [2.24, 2.45) is 7.05 Å². The highest BCUT2D eigenvalue weighted by molar-refractivity contribution is 7.99. The topological polar surface area (TPSA) is 82.2 Å². The van der Waals surface area contributed by atoms with E-state index in [0.717, 1.165) is 10.9 Å². The number of benzene rings is 2. The summed E-state index contributed by atoms with van der Waals surface area (Å²) in [5, 5.41) is 13.0. The van der Waals surface area contributed by atoms with Gasteiger partial charge in [-0.15, -0.1) is 10.2 Å². The Hall–Kier alpha value is -3.26. The highest BCUT2D eigenvalue weighted by Crippen LogP contribution is 2.33. The Morgan fingerprint density at radius 3 is 2.77 bits per heavy atom. The van der Waals surface area contributed by atoms with Crippen LogP contribution >= 0.6 is 11.8 Å². The summed E-state index contributed by atoms with van der Waals surface area (Å²) in [7, 11) is 3.46. The Balaban J connectivity index is 1.44. The lowest BCUT2D eigenvalue weighted by Crippen LogP contribution is -2.28. The largest absolute Gasteiger partial charge is 0.493 e. The molecule has 8 heteroatoms. The van der Waals surface area contributed by atoms with Crippen LogP contribution in [0.15, 0.2) is 64.2 Å². The van der Waals surface area contributed by atoms with Gasteiger partial charge in [0.1, 0.15) is 0 Å². The number of amides is 1. The van der Waals surface area contributed by atoms with Crippen molar-refractivity contribution in [2.45, 2.75) is 18.1 Å². The minimum atomic E-state index is -0.0608. The van der Waals surface area contributed by atoms with Crippen LogP contribution < -0.4 is 10.1 Å². The van der Waals surface area contributed by atoms with E-state index in [1.807, 2.05) is 73.1 Å². The number of methoxy groups -OCH3 is 1. The first-order valence-corrected chi connectivity index (χ1v) is 10.5. The van der Waals surface area contributed by atoms with E-state index < -0.39 is 0 Å². The second kappa shape index (κ2) is 8.62. The van der Waals surface area contributed by atoms with Gasteiger partial charge < -0.3 is 19.0 Å². The van der Waals surface area contributed by atoms with Gasteiger partial charge in [0.25, 0.3) is 0 Å². The number of nitrogens with zero attached hydrogens (tertiary/aromatic N) is 3. The summed E-state index contributed by atoms with van der Waals surface area (Å²) in [5.41, 5.74) is 1.73. The fraction of sp³-hybridized carbons (Fsp3) is 0.227. The van der Waals surface area contributed by atoms with Crippen LogP contribution in [0.1, 0.15) is 18.5 Å². The third kappa shape index (κ3) is 4.04. The first-order chi connectivity index (χ1) is 14.6. The first-order valence-electron chi connectivity index (χ1n) is 9.50. The molecule has 2 heterocycles. The Bertz CT molecular complexity index is 1170. The Labute approximate surface area is 178 Å². The average molecular weight is 423 g/mol. The van der Waals surface area contributed by atoms with Gasteiger partial charge in [-0.05, 0) is 24.6 Å². The number of rotatable bonds is 7. The van der Waals surface area contributed by atoms with Crippen molar-refractivity contribution in [1.82, 2.24) is 20.1 Å². The van der Waals surface area contributed by atoms with Crippen LogP contribution in [0.5, 0.6) is 5.75 Å². The van der Waals surface area contributed by atoms with Crippen LogP contribution in [0.25, 0.3) is 22.6 Å². The number of hydrogen-bond acceptors (Lipinski definition) is 6. The number of carbonyl (C=O) groups is 1. The highest BCUT2D eigenvalue weighted by Gasteiger charge is 2.18. The van der Waals surface area contributed by atoms with Crippen molar-refractivity contribution in [3.05, 3.63) is 60.2 Å². The molecule has 0 aliphatic heterocycles. The maximum absolute atomic E-state index is 12.4. The number of thioether (sulfide) groups is 1. The van der Waals surface area contributed by atoms with Crippen LogP contribution in [-0.2, 0) is 11.8 Å². The lowest BCUT2D eigenvalue weighted by atomic mass is 10.1. The van der Waals surface area contributed by atoms with Gasteiger partial charge in [0.15, 0.2) is 28.1 Å². The zero-order valence-corrected chi connectivity index (χ0v) is 17.8. The summed E-state index contributed by atoms with van der Waals surface area (Å²) in [6.45, 7) is 1.97. The third-order valence-electron chi connectivity index (χ3n) is 4.79. The van der Waals surface area contributed by atoms with Gasteiger partial charge >= 0.3 is 0 Å². The second-order valence-electron chi connectivity index (χ2n) is 6.84. The first kappa shape index (κ1) is 20.0. The van der Waals surface area contributed by atoms with Crippen LogP contribution in [0, 0.1) is 0 Å². The fourth-order valence-corrected chi connectivity index (χ4v) is 3.92. The van der Waals surface area contributed by atoms with Gasteiger partial charge in [-0.25, -0.2) is 0 Å². The molecule has 1 unspecified atom stereocenters. The molecule has 4 aromatic rings. The molecule has 0 saturated carbocycles. The standard InChI is InChI=1S/C22H22N4O3S/c1-14(15-8-5-4-6-9-15)23-19(27)13-30-22-25-24-21(26(22)2)18-12-16-10-7-11-17(28-3)20(16)29-18/h4-12,14H,13H2,1-3H3,(H,23,27). The molecule has 30 heavy (non-hydrogen) atoms. The Morgan fingerprint density at radius 2 is 2.00 bits per heavy atom. The zero-order chi connectivity index (χ0) is 21.1. The molecule has 0 saturated heterocycles. The summed E-state index contributed by atoms with van der Waals surface area (Å²) < 4.78 is 13.1. The maximum atomic E-state index is 12.4. The molecule has 0 fully saturated rings. The number of carbonyl (C=O) groups excluding carboxylic acids is 1. The van der Waals surface area contributed by atoms with Gasteiger partial charge in [-0.1, -0.05) is 54.2 Å². The number of para-hydroxylation sites is 1. The van der Waals surface area contributed by atoms with Crippen molar-refractivity contribution in [3.63, 3.8) is 0 Å². The van der Waals surface area contributed by atoms with Gasteiger partial charge in [-0.2, -0.15) is 0 Å². The van der Waals surface area contributed by atoms with Crippen molar-refractivity contribution in [1.29, 1.82) is 0 Å². The Kier molecular flexibility index (Phi) is 5.76. The average Bonchev–Trinajstić information content (AvgIpc) is 3.35. The molecule has 154 valence electrons. The molecule has 2 aromatic carbocycles. The van der Waals surface area contributed by atoms with Crippen molar-refractivity contribution >= 4 is 28.6 Å². The number of furan rings is 1. The molecule has 4 rings (SSSR count). The summed E-state index contributed by atoms with van der Waals surface area (Å²) in [6, 6.07) is 17.4. The van der Waals surface area contributed by atoms with Gasteiger partial charge in [-0.3, -0.25) is 4.79 Å². The molecule has 7 nitrogen and oxygen atoms in total. The zero-order valence-electron chi connectivity index (χ0n) is 17.0. The summed E-state index contributed by atoms with van der Waals surface area (Å²) in [5.74, 6) is 2.04. The number of fused-ring (bicyclic) bond motifs is 1. The highest BCUT2D eigenvalue weighted by atomic mass is 32.2. The smallest absolute Gasteiger partial charge is 0.230 e. The monoisotopic (exact) mass is 422 g/mol. The summed E-state index contributed by atoms with van der Waals surface area (Å²) >= 11 is 1.33. The molecule has 0 radical (unpaired) electrons. The number of hydrogen-bond donors (Lipinski definition) is 1. The molecule has 0 aliphatic rings. The van der Waals surface area contributed by atoms with Gasteiger partial charge in [0.2, 0.25) is 5.91 Å². The van der Waals surface area contributed by atoms with Crippen LogP contribution in [0.2, 0.25) is 0 Å². The predicted octanol–water partition coefficient (Wildman–Crippen LogP) is 4.21. The van der Waals surface area contributed by atoms with E-state index in [-0.39, 0.29) is 17.7 Å². The summed E-state index contributed by atoms with van der Waals surface area (Å²) in [4.78, 5) is 12.4. The molecular formula is C22H22N4O3S. The van der Waals surface area contributed by atoms with E-state index in [0.29, 0.717) is 28.1 Å². The normalized spacial score (nSPS) is 12.1. The van der Waals surface area contributed by atoms with Crippen LogP contribution in [0.3, 0.4) is 0 Å². The lowest BCUT2D eigenvalue weighted by molar-refractivity contribution is -0.119. The van der Waals surface area contributed by atoms with Crippen molar-refractivity contribution in [2.75, 3.05) is 12.9 Å². The van der Waals surface area contributed by atoms with E-state index >= 15 is 0 Å². The second-order valence-corrected chi connectivity index (χ2v) is 7.79. The number of aromatic nitrogens is 3. The molecule has 1 amide bonds. The van der Waals surface area contributed by atoms with Crippen molar-refractivity contribution < 1.29 is 13.9 Å². The van der Waals surface area contributed by atoms with Crippen LogP contribution in [0.4, 0.5) is 0 Å². The fourth-order valence-electron chi connectivity index (χ4n) is 3.20. The quantitative estimate of drug-likeness (QED) is 0.450. The molecule has 0 bridgehead atoms. The minimum Gasteiger partial charge on any atom is -0.493 e. The molecule has 1 atom stereocenters. The van der Waals surface area contributed by atoms with Gasteiger partial charge in [0, 0.05) is 12.4 Å². The van der Waals surface area contributed by atoms with E-state index in [1.54, 1.807) is 7.11 Å². The SMILES string of the molecule is COc1cccc2cc(-c3nnc(SCC(=O)NC(C)c4ccccc4)n3C)oc12. The van der Waals surface area contributed by atoms with E-state index in [4.69, 9.17) is 9.15 Å². The molecule has 0 spiro atoms. The lowest BCUT2D eigenvalue weighted by Gasteiger charge is -2.13. The minimum absolute atomic E-state index is 0.0557. The van der Waals surface area contributed by atoms with Crippen LogP contribution in [-0.4, -0.2) is 33.5 Å². The maximum Gasteiger partial charge on any atom is 0.230 e. The third-order valence-corrected chi connectivity index (χ3v) is 5.81. The van der Waals surface area contributed by atoms with E-state index in [9.17, 15) is 4.79 Å². The molecule has 0 aliphatic carbocycles. The molecular weight excluding hydrogens is 400 g/mol. The number of nitrogens with one attached hydrogen (secondary N) is 1. The van der Waals surface area contributed by atoms with E-state index in [2.05, 4.69) is 15.5 Å². The Morgan fingerprint density at radius 1 is 1.20 bits per heavy atom. The number of ether oxygens (including phenoxy) is 1. The summed E-state index contributed by atoms with van der Waals surface area (Å²) in [6.07, 6.45) is 0. The van der Waals surface area contributed by atoms with Crippen molar-refractivity contribution in [3.8, 4) is 17.3 Å². The van der Waals surface area contributed by atoms with Gasteiger partial charge in [0.05, 0.1) is 18.9 Å². The predicted molar refractivity (Wildman–Crippen MR) is 116 cm³/mol.